The maximum Gasteiger partial charge on any atom is 0.146 e. The zero-order valence-corrected chi connectivity index (χ0v) is 17.7. The Kier molecular flexibility index (Phi) is 6.19. The van der Waals surface area contributed by atoms with E-state index in [-0.39, 0.29) is 0 Å². The molecule has 4 rings (SSSR count). The van der Waals surface area contributed by atoms with Crippen molar-refractivity contribution >= 4 is 5.78 Å². The lowest BCUT2D eigenvalue weighted by atomic mass is 9.45. The highest BCUT2D eigenvalue weighted by atomic mass is 16.7. The lowest BCUT2D eigenvalue weighted by molar-refractivity contribution is -0.157. The highest BCUT2D eigenvalue weighted by Gasteiger charge is 2.60. The Morgan fingerprint density at radius 1 is 0.962 bits per heavy atom. The van der Waals surface area contributed by atoms with Crippen LogP contribution >= 0.6 is 0 Å². The van der Waals surface area contributed by atoms with E-state index in [1.165, 1.54) is 38.5 Å². The zero-order valence-electron chi connectivity index (χ0n) is 17.7. The SMILES string of the molecule is CC.COCOC1CCC2C3CCC4CC(=O)CCC4(C)C3CCC12C. The van der Waals surface area contributed by atoms with Gasteiger partial charge in [0, 0.05) is 20.0 Å². The Morgan fingerprint density at radius 3 is 2.42 bits per heavy atom. The van der Waals surface area contributed by atoms with Crippen molar-refractivity contribution in [3.05, 3.63) is 0 Å². The monoisotopic (exact) mass is 364 g/mol. The van der Waals surface area contributed by atoms with Crippen molar-refractivity contribution in [3.63, 3.8) is 0 Å². The molecule has 3 nitrogen and oxygen atoms in total. The standard InChI is InChI=1S/C21H34O3.C2H6/c1-20-10-8-15(22)12-14(20)4-5-16-17-6-7-19(24-13-23-3)21(17,2)11-9-18(16)20;1-2/h14,16-19H,4-13H2,1-3H3;1-2H3. The number of hydrogen-bond donors (Lipinski definition) is 0. The van der Waals surface area contributed by atoms with Gasteiger partial charge in [-0.3, -0.25) is 4.79 Å². The molecular weight excluding hydrogens is 324 g/mol. The van der Waals surface area contributed by atoms with Crippen molar-refractivity contribution < 1.29 is 14.3 Å². The summed E-state index contributed by atoms with van der Waals surface area (Å²) in [5, 5.41) is 0. The number of methoxy groups -OCH3 is 1. The Hall–Kier alpha value is -0.410. The predicted octanol–water partition coefficient (Wildman–Crippen LogP) is 5.61. The van der Waals surface area contributed by atoms with Gasteiger partial charge in [0.1, 0.15) is 12.6 Å². The largest absolute Gasteiger partial charge is 0.359 e. The second-order valence-corrected chi connectivity index (χ2v) is 9.58. The third-order valence-electron chi connectivity index (χ3n) is 8.78. The summed E-state index contributed by atoms with van der Waals surface area (Å²) < 4.78 is 11.3. The number of fused-ring (bicyclic) bond motifs is 5. The fourth-order valence-electron chi connectivity index (χ4n) is 7.42. The second-order valence-electron chi connectivity index (χ2n) is 9.58. The summed E-state index contributed by atoms with van der Waals surface area (Å²) in [6.07, 6.45) is 11.0. The Bertz CT molecular complexity index is 504. The van der Waals surface area contributed by atoms with E-state index in [2.05, 4.69) is 13.8 Å². The van der Waals surface area contributed by atoms with Crippen LogP contribution in [0.3, 0.4) is 0 Å². The molecule has 0 aromatic heterocycles. The molecule has 0 bridgehead atoms. The van der Waals surface area contributed by atoms with Gasteiger partial charge in [-0.25, -0.2) is 0 Å². The Labute approximate surface area is 160 Å². The molecule has 150 valence electrons. The van der Waals surface area contributed by atoms with Crippen LogP contribution in [0.1, 0.15) is 85.5 Å². The number of Topliss-reactive ketones (excluding diaryl/α,β-unsaturated/α-hetero) is 1. The van der Waals surface area contributed by atoms with E-state index >= 15 is 0 Å². The molecule has 0 spiro atoms. The van der Waals surface area contributed by atoms with Crippen molar-refractivity contribution in [3.8, 4) is 0 Å². The fraction of sp³-hybridized carbons (Fsp3) is 0.957. The van der Waals surface area contributed by atoms with Gasteiger partial charge in [0.25, 0.3) is 0 Å². The average molecular weight is 365 g/mol. The molecule has 0 aliphatic heterocycles. The van der Waals surface area contributed by atoms with Crippen molar-refractivity contribution in [1.82, 2.24) is 0 Å². The van der Waals surface area contributed by atoms with Crippen LogP contribution in [0.5, 0.6) is 0 Å². The molecule has 4 fully saturated rings. The maximum absolute atomic E-state index is 12.0. The van der Waals surface area contributed by atoms with Gasteiger partial charge in [0.05, 0.1) is 6.10 Å². The van der Waals surface area contributed by atoms with E-state index in [1.54, 1.807) is 7.11 Å². The molecule has 4 saturated carbocycles. The first-order valence-electron chi connectivity index (χ1n) is 11.1. The van der Waals surface area contributed by atoms with Gasteiger partial charge in [0.15, 0.2) is 0 Å². The third-order valence-corrected chi connectivity index (χ3v) is 8.78. The molecular formula is C23H40O3. The van der Waals surface area contributed by atoms with Crippen molar-refractivity contribution in [2.75, 3.05) is 13.9 Å². The smallest absolute Gasteiger partial charge is 0.146 e. The molecule has 0 aromatic rings. The molecule has 4 aliphatic rings. The summed E-state index contributed by atoms with van der Waals surface area (Å²) in [5.41, 5.74) is 0.761. The number of ether oxygens (including phenoxy) is 2. The minimum absolute atomic E-state index is 0.341. The average Bonchev–Trinajstić information content (AvgIpc) is 2.98. The minimum atomic E-state index is 0.341. The zero-order chi connectivity index (χ0) is 18.9. The van der Waals surface area contributed by atoms with E-state index in [4.69, 9.17) is 9.47 Å². The second kappa shape index (κ2) is 7.91. The topological polar surface area (TPSA) is 35.5 Å². The quantitative estimate of drug-likeness (QED) is 0.610. The van der Waals surface area contributed by atoms with E-state index in [1.807, 2.05) is 13.8 Å². The molecule has 0 N–H and O–H groups in total. The van der Waals surface area contributed by atoms with Gasteiger partial charge in [-0.1, -0.05) is 27.7 Å². The van der Waals surface area contributed by atoms with Crippen LogP contribution in [0.4, 0.5) is 0 Å². The van der Waals surface area contributed by atoms with Crippen molar-refractivity contribution in [2.45, 2.75) is 91.6 Å². The summed E-state index contributed by atoms with van der Waals surface area (Å²) in [6, 6.07) is 0. The van der Waals surface area contributed by atoms with Gasteiger partial charge in [0.2, 0.25) is 0 Å². The first kappa shape index (κ1) is 20.3. The summed E-state index contributed by atoms with van der Waals surface area (Å²) in [7, 11) is 1.72. The number of hydrogen-bond acceptors (Lipinski definition) is 3. The normalized spacial score (nSPS) is 47.3. The summed E-state index contributed by atoms with van der Waals surface area (Å²) in [4.78, 5) is 12.0. The molecule has 26 heavy (non-hydrogen) atoms. The number of carbonyl (C=O) groups is 1. The van der Waals surface area contributed by atoms with Crippen LogP contribution in [0.25, 0.3) is 0 Å². The molecule has 3 heteroatoms. The molecule has 0 saturated heterocycles. The first-order valence-corrected chi connectivity index (χ1v) is 11.1. The summed E-state index contributed by atoms with van der Waals surface area (Å²) in [6.45, 7) is 9.44. The van der Waals surface area contributed by atoms with E-state index < -0.39 is 0 Å². The Morgan fingerprint density at radius 2 is 1.69 bits per heavy atom. The highest BCUT2D eigenvalue weighted by Crippen LogP contribution is 2.66. The summed E-state index contributed by atoms with van der Waals surface area (Å²) in [5.74, 6) is 3.68. The fourth-order valence-corrected chi connectivity index (χ4v) is 7.42. The molecule has 0 heterocycles. The minimum Gasteiger partial charge on any atom is -0.359 e. The molecule has 0 amide bonds. The van der Waals surface area contributed by atoms with Crippen LogP contribution in [0.15, 0.2) is 0 Å². The van der Waals surface area contributed by atoms with Crippen LogP contribution in [-0.4, -0.2) is 25.8 Å². The molecule has 7 atom stereocenters. The van der Waals surface area contributed by atoms with Gasteiger partial charge in [-0.05, 0) is 79.4 Å². The van der Waals surface area contributed by atoms with Crippen LogP contribution < -0.4 is 0 Å². The van der Waals surface area contributed by atoms with Crippen molar-refractivity contribution in [2.24, 2.45) is 34.5 Å². The number of carbonyl (C=O) groups excluding carboxylic acids is 1. The van der Waals surface area contributed by atoms with E-state index in [0.717, 1.165) is 37.0 Å². The summed E-state index contributed by atoms with van der Waals surface area (Å²) >= 11 is 0. The number of ketones is 1. The van der Waals surface area contributed by atoms with Gasteiger partial charge in [-0.15, -0.1) is 0 Å². The maximum atomic E-state index is 12.0. The molecule has 4 aliphatic carbocycles. The van der Waals surface area contributed by atoms with Crippen LogP contribution in [-0.2, 0) is 14.3 Å². The molecule has 7 unspecified atom stereocenters. The number of rotatable bonds is 3. The lowest BCUT2D eigenvalue weighted by Crippen LogP contribution is -2.54. The lowest BCUT2D eigenvalue weighted by Gasteiger charge is -2.60. The van der Waals surface area contributed by atoms with E-state index in [9.17, 15) is 4.79 Å². The third kappa shape index (κ3) is 3.17. The Balaban J connectivity index is 0.000000948. The molecule has 0 radical (unpaired) electrons. The highest BCUT2D eigenvalue weighted by molar-refractivity contribution is 5.79. The van der Waals surface area contributed by atoms with E-state index in [0.29, 0.717) is 35.4 Å². The first-order chi connectivity index (χ1) is 12.5. The van der Waals surface area contributed by atoms with Gasteiger partial charge in [-0.2, -0.15) is 0 Å². The van der Waals surface area contributed by atoms with Gasteiger partial charge >= 0.3 is 0 Å². The van der Waals surface area contributed by atoms with Gasteiger partial charge < -0.3 is 9.47 Å². The predicted molar refractivity (Wildman–Crippen MR) is 105 cm³/mol. The van der Waals surface area contributed by atoms with Crippen molar-refractivity contribution in [1.29, 1.82) is 0 Å². The van der Waals surface area contributed by atoms with Crippen LogP contribution in [0.2, 0.25) is 0 Å². The van der Waals surface area contributed by atoms with Crippen LogP contribution in [0, 0.1) is 34.5 Å². The molecule has 0 aromatic carbocycles.